The predicted molar refractivity (Wildman–Crippen MR) is 53.5 cm³/mol. The van der Waals surface area contributed by atoms with Gasteiger partial charge in [-0.25, -0.2) is 8.42 Å². The minimum absolute atomic E-state index is 0.137. The number of hydrogen-bond acceptors (Lipinski definition) is 4. The van der Waals surface area contributed by atoms with E-state index in [-0.39, 0.29) is 11.5 Å². The highest BCUT2D eigenvalue weighted by Crippen LogP contribution is 2.07. The Bertz CT molecular complexity index is 293. The predicted octanol–water partition coefficient (Wildman–Crippen LogP) is 0.407. The van der Waals surface area contributed by atoms with E-state index in [2.05, 4.69) is 24.4 Å². The van der Waals surface area contributed by atoms with Crippen LogP contribution in [-0.2, 0) is 9.84 Å². The van der Waals surface area contributed by atoms with Gasteiger partial charge in [-0.2, -0.15) is 5.10 Å². The topological polar surface area (TPSA) is 58.5 Å². The first-order chi connectivity index (χ1) is 5.99. The average molecular weight is 204 g/mol. The van der Waals surface area contributed by atoms with Crippen LogP contribution in [0.15, 0.2) is 5.10 Å². The van der Waals surface area contributed by atoms with Crippen LogP contribution >= 0.6 is 0 Å². The Hall–Kier alpha value is -0.580. The third-order valence-corrected chi connectivity index (χ3v) is 3.42. The molecule has 0 radical (unpaired) electrons. The molecule has 0 aromatic heterocycles. The molecule has 0 atom stereocenters. The van der Waals surface area contributed by atoms with Gasteiger partial charge in [0.1, 0.15) is 0 Å². The summed E-state index contributed by atoms with van der Waals surface area (Å²) in [4.78, 5) is 0. The van der Waals surface area contributed by atoms with Crippen LogP contribution in [0.5, 0.6) is 0 Å². The lowest BCUT2D eigenvalue weighted by Gasteiger charge is -2.03. The molecule has 76 valence electrons. The summed E-state index contributed by atoms with van der Waals surface area (Å²) in [5.74, 6) is 0.926. The molecule has 0 aromatic rings. The van der Waals surface area contributed by atoms with Crippen molar-refractivity contribution in [1.82, 2.24) is 5.43 Å². The third-order valence-electron chi connectivity index (χ3n) is 1.82. The van der Waals surface area contributed by atoms with Crippen molar-refractivity contribution in [2.24, 2.45) is 11.0 Å². The van der Waals surface area contributed by atoms with Gasteiger partial charge in [-0.1, -0.05) is 13.8 Å². The van der Waals surface area contributed by atoms with Crippen molar-refractivity contribution in [3.8, 4) is 0 Å². The van der Waals surface area contributed by atoms with E-state index >= 15 is 0 Å². The zero-order chi connectivity index (χ0) is 9.90. The fraction of sp³-hybridized carbons (Fsp3) is 0.875. The molecule has 5 heteroatoms. The Morgan fingerprint density at radius 2 is 2.23 bits per heavy atom. The SMILES string of the molecule is CC(C)CN/N=C1\CCS(=O)(=O)C1. The van der Waals surface area contributed by atoms with Gasteiger partial charge in [0.15, 0.2) is 9.84 Å². The second kappa shape index (κ2) is 4.09. The Kier molecular flexibility index (Phi) is 3.30. The van der Waals surface area contributed by atoms with Crippen molar-refractivity contribution in [3.63, 3.8) is 0 Å². The maximum atomic E-state index is 11.0. The van der Waals surface area contributed by atoms with Crippen LogP contribution < -0.4 is 5.43 Å². The minimum atomic E-state index is -2.82. The largest absolute Gasteiger partial charge is 0.310 e. The fourth-order valence-electron chi connectivity index (χ4n) is 1.10. The fourth-order valence-corrected chi connectivity index (χ4v) is 2.51. The van der Waals surface area contributed by atoms with E-state index in [0.717, 1.165) is 12.3 Å². The Morgan fingerprint density at radius 3 is 2.69 bits per heavy atom. The Morgan fingerprint density at radius 1 is 1.54 bits per heavy atom. The maximum Gasteiger partial charge on any atom is 0.156 e. The zero-order valence-electron chi connectivity index (χ0n) is 8.08. The van der Waals surface area contributed by atoms with Crippen molar-refractivity contribution in [2.75, 3.05) is 18.1 Å². The molecule has 4 nitrogen and oxygen atoms in total. The highest BCUT2D eigenvalue weighted by molar-refractivity contribution is 7.92. The van der Waals surface area contributed by atoms with E-state index in [4.69, 9.17) is 0 Å². The first-order valence-electron chi connectivity index (χ1n) is 4.48. The lowest BCUT2D eigenvalue weighted by molar-refractivity contribution is 0.569. The van der Waals surface area contributed by atoms with Crippen molar-refractivity contribution >= 4 is 15.5 Å². The smallest absolute Gasteiger partial charge is 0.156 e. The van der Waals surface area contributed by atoms with Crippen LogP contribution in [0.1, 0.15) is 20.3 Å². The van der Waals surface area contributed by atoms with Gasteiger partial charge in [-0.15, -0.1) is 0 Å². The molecular weight excluding hydrogens is 188 g/mol. The molecule has 1 N–H and O–H groups in total. The summed E-state index contributed by atoms with van der Waals surface area (Å²) >= 11 is 0. The van der Waals surface area contributed by atoms with E-state index < -0.39 is 9.84 Å². The van der Waals surface area contributed by atoms with E-state index in [0.29, 0.717) is 12.3 Å². The van der Waals surface area contributed by atoms with Crippen LogP contribution in [0.4, 0.5) is 0 Å². The van der Waals surface area contributed by atoms with Gasteiger partial charge >= 0.3 is 0 Å². The van der Waals surface area contributed by atoms with Gasteiger partial charge in [-0.3, -0.25) is 0 Å². The molecule has 0 unspecified atom stereocenters. The number of nitrogens with zero attached hydrogens (tertiary/aromatic N) is 1. The molecule has 1 saturated heterocycles. The van der Waals surface area contributed by atoms with Crippen LogP contribution in [0, 0.1) is 5.92 Å². The van der Waals surface area contributed by atoms with E-state index in [1.807, 2.05) is 0 Å². The number of hydrogen-bond donors (Lipinski definition) is 1. The summed E-state index contributed by atoms with van der Waals surface area (Å²) in [5.41, 5.74) is 3.65. The number of sulfone groups is 1. The molecule has 0 spiro atoms. The molecule has 0 aliphatic carbocycles. The summed E-state index contributed by atoms with van der Waals surface area (Å²) in [6.45, 7) is 4.96. The quantitative estimate of drug-likeness (QED) is 0.677. The molecular formula is C8H16N2O2S. The van der Waals surface area contributed by atoms with Crippen molar-refractivity contribution < 1.29 is 8.42 Å². The molecule has 13 heavy (non-hydrogen) atoms. The van der Waals surface area contributed by atoms with Gasteiger partial charge in [-0.05, 0) is 5.92 Å². The third kappa shape index (κ3) is 3.76. The molecule has 1 aliphatic heterocycles. The monoisotopic (exact) mass is 204 g/mol. The molecule has 0 bridgehead atoms. The summed E-state index contributed by atoms with van der Waals surface area (Å²) in [6, 6.07) is 0. The molecule has 0 amide bonds. The molecule has 0 saturated carbocycles. The Labute approximate surface area is 79.3 Å². The second-order valence-corrected chi connectivity index (χ2v) is 5.96. The van der Waals surface area contributed by atoms with Crippen LogP contribution in [0.2, 0.25) is 0 Å². The summed E-state index contributed by atoms with van der Waals surface area (Å²) < 4.78 is 22.1. The van der Waals surface area contributed by atoms with Crippen molar-refractivity contribution in [2.45, 2.75) is 20.3 Å². The average Bonchev–Trinajstić information content (AvgIpc) is 2.29. The maximum absolute atomic E-state index is 11.0. The second-order valence-electron chi connectivity index (χ2n) is 3.78. The molecule has 1 heterocycles. The van der Waals surface area contributed by atoms with E-state index in [1.165, 1.54) is 0 Å². The minimum Gasteiger partial charge on any atom is -0.310 e. The van der Waals surface area contributed by atoms with Gasteiger partial charge in [0.05, 0.1) is 17.2 Å². The molecule has 1 rings (SSSR count). The lowest BCUT2D eigenvalue weighted by Crippen LogP contribution is -2.16. The van der Waals surface area contributed by atoms with Crippen molar-refractivity contribution in [3.05, 3.63) is 0 Å². The standard InChI is InChI=1S/C8H16N2O2S/c1-7(2)5-9-10-8-3-4-13(11,12)6-8/h7,9H,3-6H2,1-2H3/b10-8+. The number of nitrogens with one attached hydrogen (secondary N) is 1. The first kappa shape index (κ1) is 10.5. The molecule has 1 aliphatic rings. The van der Waals surface area contributed by atoms with E-state index in [9.17, 15) is 8.42 Å². The number of rotatable bonds is 3. The van der Waals surface area contributed by atoms with Crippen LogP contribution in [0.3, 0.4) is 0 Å². The highest BCUT2D eigenvalue weighted by atomic mass is 32.2. The van der Waals surface area contributed by atoms with E-state index in [1.54, 1.807) is 0 Å². The first-order valence-corrected chi connectivity index (χ1v) is 6.30. The van der Waals surface area contributed by atoms with Crippen molar-refractivity contribution in [1.29, 1.82) is 0 Å². The van der Waals surface area contributed by atoms with Gasteiger partial charge < -0.3 is 5.43 Å². The van der Waals surface area contributed by atoms with Gasteiger partial charge in [0, 0.05) is 13.0 Å². The van der Waals surface area contributed by atoms with Gasteiger partial charge in [0.25, 0.3) is 0 Å². The summed E-state index contributed by atoms with van der Waals surface area (Å²) in [6.07, 6.45) is 0.591. The zero-order valence-corrected chi connectivity index (χ0v) is 8.89. The van der Waals surface area contributed by atoms with Crippen LogP contribution in [-0.4, -0.2) is 32.2 Å². The Balaban J connectivity index is 2.38. The molecule has 0 aromatic carbocycles. The number of hydrazone groups is 1. The van der Waals surface area contributed by atoms with Gasteiger partial charge in [0.2, 0.25) is 0 Å². The highest BCUT2D eigenvalue weighted by Gasteiger charge is 2.23. The lowest BCUT2D eigenvalue weighted by atomic mass is 10.2. The van der Waals surface area contributed by atoms with Crippen LogP contribution in [0.25, 0.3) is 0 Å². The molecule has 1 fully saturated rings. The summed E-state index contributed by atoms with van der Waals surface area (Å²) in [5, 5.41) is 4.05. The normalized spacial score (nSPS) is 24.1. The summed E-state index contributed by atoms with van der Waals surface area (Å²) in [7, 11) is -2.82.